The zero-order valence-corrected chi connectivity index (χ0v) is 17.4. The summed E-state index contributed by atoms with van der Waals surface area (Å²) in [6.45, 7) is 0. The molecule has 1 amide bonds. The van der Waals surface area contributed by atoms with Crippen LogP contribution in [0.15, 0.2) is 47.6 Å². The van der Waals surface area contributed by atoms with Gasteiger partial charge in [0.25, 0.3) is 5.91 Å². The van der Waals surface area contributed by atoms with Crippen molar-refractivity contribution < 1.29 is 4.79 Å². The summed E-state index contributed by atoms with van der Waals surface area (Å²) in [5.74, 6) is 0.870. The third-order valence-electron chi connectivity index (χ3n) is 4.07. The lowest BCUT2D eigenvalue weighted by Gasteiger charge is -2.22. The van der Waals surface area contributed by atoms with Crippen LogP contribution >= 0.6 is 45.7 Å². The summed E-state index contributed by atoms with van der Waals surface area (Å²) in [7, 11) is 0. The highest BCUT2D eigenvalue weighted by Crippen LogP contribution is 2.35. The van der Waals surface area contributed by atoms with Crippen LogP contribution in [-0.2, 0) is 0 Å². The van der Waals surface area contributed by atoms with Crippen LogP contribution in [0.25, 0.3) is 11.0 Å². The van der Waals surface area contributed by atoms with Gasteiger partial charge in [0, 0.05) is 34.3 Å². The molecule has 0 saturated carbocycles. The van der Waals surface area contributed by atoms with Crippen molar-refractivity contribution in [2.24, 2.45) is 5.73 Å². The van der Waals surface area contributed by atoms with Gasteiger partial charge in [0.1, 0.15) is 5.65 Å². The number of pyridine rings is 1. The van der Waals surface area contributed by atoms with Crippen LogP contribution in [0.5, 0.6) is 0 Å². The van der Waals surface area contributed by atoms with E-state index in [-0.39, 0.29) is 45.9 Å². The summed E-state index contributed by atoms with van der Waals surface area (Å²) in [6, 6.07) is 9.53. The van der Waals surface area contributed by atoms with E-state index in [9.17, 15) is 4.79 Å². The summed E-state index contributed by atoms with van der Waals surface area (Å²) in [5, 5.41) is 3.86. The molecule has 3 heterocycles. The number of nitrogens with one attached hydrogen (secondary N) is 2. The van der Waals surface area contributed by atoms with Gasteiger partial charge in [-0.25, -0.2) is 4.98 Å². The summed E-state index contributed by atoms with van der Waals surface area (Å²) in [4.78, 5) is 20.9. The second kappa shape index (κ2) is 8.35. The van der Waals surface area contributed by atoms with Crippen LogP contribution in [0.1, 0.15) is 28.4 Å². The molecule has 0 saturated heterocycles. The molecule has 0 unspecified atom stereocenters. The number of hydrogen-bond donors (Lipinski definition) is 3. The number of aromatic nitrogens is 2. The maximum Gasteiger partial charge on any atom is 0.255 e. The van der Waals surface area contributed by atoms with Gasteiger partial charge in [-0.15, -0.1) is 45.7 Å². The van der Waals surface area contributed by atoms with Gasteiger partial charge < -0.3 is 16.0 Å². The van der Waals surface area contributed by atoms with E-state index in [1.54, 1.807) is 24.0 Å². The number of amides is 1. The molecule has 25 heavy (non-hydrogen) atoms. The number of H-pyrrole nitrogens is 1. The average Bonchev–Trinajstić information content (AvgIpc) is 3.04. The Balaban J connectivity index is 0.00000113. The van der Waals surface area contributed by atoms with E-state index in [0.29, 0.717) is 5.56 Å². The first-order valence-corrected chi connectivity index (χ1v) is 8.47. The molecule has 8 heteroatoms. The van der Waals surface area contributed by atoms with Gasteiger partial charge in [0.15, 0.2) is 0 Å². The van der Waals surface area contributed by atoms with Gasteiger partial charge in [-0.2, -0.15) is 0 Å². The number of benzene rings is 1. The standard InChI is InChI=1S/C17H16N4OS.2BrH/c18-13-5-8-23-15-9-10(1-2-11(13)15)17(22)21-14-4-7-20-16-12(14)3-6-19-16;;/h1-4,6-7,9,13H,5,8,18H2,(H2,19,20,21,22);2*1H/t13-;;/m0../s1. The predicted molar refractivity (Wildman–Crippen MR) is 113 cm³/mol. The number of nitrogens with two attached hydrogens (primary N) is 1. The van der Waals surface area contributed by atoms with Crippen molar-refractivity contribution in [2.75, 3.05) is 11.1 Å². The van der Waals surface area contributed by atoms with Gasteiger partial charge >= 0.3 is 0 Å². The topological polar surface area (TPSA) is 83.8 Å². The molecule has 4 N–H and O–H groups in total. The summed E-state index contributed by atoms with van der Waals surface area (Å²) in [6.07, 6.45) is 4.46. The first kappa shape index (κ1) is 20.0. The fraction of sp³-hybridized carbons (Fsp3) is 0.176. The third-order valence-corrected chi connectivity index (χ3v) is 5.17. The zero-order valence-electron chi connectivity index (χ0n) is 13.2. The SMILES string of the molecule is Br.Br.N[C@H]1CCSc2cc(C(=O)Nc3ccnc4[nH]ccc34)ccc21. The second-order valence-corrected chi connectivity index (χ2v) is 6.69. The molecule has 0 aliphatic carbocycles. The fourth-order valence-electron chi connectivity index (χ4n) is 2.82. The van der Waals surface area contributed by atoms with E-state index in [2.05, 4.69) is 15.3 Å². The van der Waals surface area contributed by atoms with Crippen molar-refractivity contribution in [3.63, 3.8) is 0 Å². The quantitative estimate of drug-likeness (QED) is 0.500. The van der Waals surface area contributed by atoms with E-state index in [1.807, 2.05) is 30.5 Å². The zero-order chi connectivity index (χ0) is 15.8. The molecule has 2 aromatic heterocycles. The van der Waals surface area contributed by atoms with Crippen LogP contribution in [0.2, 0.25) is 0 Å². The smallest absolute Gasteiger partial charge is 0.255 e. The Hall–Kier alpha value is -1.35. The first-order valence-electron chi connectivity index (χ1n) is 7.48. The van der Waals surface area contributed by atoms with Gasteiger partial charge in [0.2, 0.25) is 0 Å². The average molecular weight is 486 g/mol. The fourth-order valence-corrected chi connectivity index (χ4v) is 4.01. The molecule has 0 bridgehead atoms. The third kappa shape index (κ3) is 3.92. The highest BCUT2D eigenvalue weighted by atomic mass is 79.9. The minimum Gasteiger partial charge on any atom is -0.346 e. The number of anilines is 1. The Kier molecular flexibility index (Phi) is 6.67. The number of rotatable bonds is 2. The molecule has 1 atom stereocenters. The number of aromatic amines is 1. The molecular formula is C17H18Br2N4OS. The minimum absolute atomic E-state index is 0. The maximum atomic E-state index is 12.6. The highest BCUT2D eigenvalue weighted by Gasteiger charge is 2.19. The molecule has 1 aliphatic heterocycles. The van der Waals surface area contributed by atoms with Crippen LogP contribution in [0.4, 0.5) is 5.69 Å². The molecule has 4 rings (SSSR count). The molecular weight excluding hydrogens is 468 g/mol. The molecule has 1 aliphatic rings. The van der Waals surface area contributed by atoms with Crippen molar-refractivity contribution in [1.82, 2.24) is 9.97 Å². The highest BCUT2D eigenvalue weighted by molar-refractivity contribution is 8.93. The van der Waals surface area contributed by atoms with Gasteiger partial charge in [-0.05, 0) is 42.0 Å². The van der Waals surface area contributed by atoms with Crippen LogP contribution in [0.3, 0.4) is 0 Å². The van der Waals surface area contributed by atoms with E-state index < -0.39 is 0 Å². The lowest BCUT2D eigenvalue weighted by atomic mass is 10.0. The maximum absolute atomic E-state index is 12.6. The van der Waals surface area contributed by atoms with Crippen LogP contribution in [-0.4, -0.2) is 21.6 Å². The van der Waals surface area contributed by atoms with Crippen molar-refractivity contribution in [3.05, 3.63) is 53.9 Å². The molecule has 0 fully saturated rings. The number of halogens is 2. The molecule has 132 valence electrons. The Morgan fingerprint density at radius 3 is 2.96 bits per heavy atom. The predicted octanol–water partition coefficient (Wildman–Crippen LogP) is 4.47. The second-order valence-electron chi connectivity index (χ2n) is 5.55. The van der Waals surface area contributed by atoms with Crippen molar-refractivity contribution in [1.29, 1.82) is 0 Å². The van der Waals surface area contributed by atoms with E-state index in [0.717, 1.165) is 39.4 Å². The summed E-state index contributed by atoms with van der Waals surface area (Å²) < 4.78 is 0. The lowest BCUT2D eigenvalue weighted by Crippen LogP contribution is -2.17. The first-order chi connectivity index (χ1) is 11.2. The van der Waals surface area contributed by atoms with Crippen LogP contribution in [0, 0.1) is 0 Å². The molecule has 0 spiro atoms. The number of fused-ring (bicyclic) bond motifs is 2. The molecule has 5 nitrogen and oxygen atoms in total. The van der Waals surface area contributed by atoms with Crippen molar-refractivity contribution in [2.45, 2.75) is 17.4 Å². The van der Waals surface area contributed by atoms with Gasteiger partial charge in [-0.3, -0.25) is 4.79 Å². The lowest BCUT2D eigenvalue weighted by molar-refractivity contribution is 0.102. The Morgan fingerprint density at radius 1 is 1.28 bits per heavy atom. The van der Waals surface area contributed by atoms with E-state index in [4.69, 9.17) is 5.73 Å². The van der Waals surface area contributed by atoms with Crippen molar-refractivity contribution in [3.8, 4) is 0 Å². The Morgan fingerprint density at radius 2 is 2.12 bits per heavy atom. The van der Waals surface area contributed by atoms with Gasteiger partial charge in [0.05, 0.1) is 5.69 Å². The number of thioether (sulfide) groups is 1. The molecule has 0 radical (unpaired) electrons. The number of carbonyl (C=O) groups excluding carboxylic acids is 1. The number of carbonyl (C=O) groups is 1. The normalized spacial score (nSPS) is 15.6. The van der Waals surface area contributed by atoms with Crippen molar-refractivity contribution >= 4 is 68.4 Å². The molecule has 3 aromatic rings. The van der Waals surface area contributed by atoms with Crippen LogP contribution < -0.4 is 11.1 Å². The van der Waals surface area contributed by atoms with E-state index >= 15 is 0 Å². The summed E-state index contributed by atoms with van der Waals surface area (Å²) in [5.41, 5.74) is 9.41. The van der Waals surface area contributed by atoms with Gasteiger partial charge in [-0.1, -0.05) is 6.07 Å². The Bertz CT molecular complexity index is 899. The van der Waals surface area contributed by atoms with E-state index in [1.165, 1.54) is 0 Å². The minimum atomic E-state index is -0.124. The molecule has 1 aromatic carbocycles. The number of hydrogen-bond acceptors (Lipinski definition) is 4. The largest absolute Gasteiger partial charge is 0.346 e. The monoisotopic (exact) mass is 484 g/mol. The Labute approximate surface area is 170 Å². The number of nitrogens with zero attached hydrogens (tertiary/aromatic N) is 1. The summed E-state index contributed by atoms with van der Waals surface area (Å²) >= 11 is 1.76.